The molecule has 0 spiro atoms. The monoisotopic (exact) mass is 273 g/mol. The molecule has 0 aliphatic rings. The average molecular weight is 273 g/mol. The molecule has 0 atom stereocenters. The summed E-state index contributed by atoms with van der Waals surface area (Å²) in [6.07, 6.45) is 8.54. The quantitative estimate of drug-likeness (QED) is 0.703. The molecule has 2 rings (SSSR count). The van der Waals surface area contributed by atoms with Crippen LogP contribution in [0.4, 0.5) is 0 Å². The van der Waals surface area contributed by atoms with Crippen LogP contribution >= 0.6 is 0 Å². The third-order valence-corrected chi connectivity index (χ3v) is 3.41. The highest BCUT2D eigenvalue weighted by Crippen LogP contribution is 2.23. The van der Waals surface area contributed by atoms with Crippen molar-refractivity contribution in [2.45, 2.75) is 38.5 Å². The zero-order valence-corrected chi connectivity index (χ0v) is 11.9. The second-order valence-corrected chi connectivity index (χ2v) is 5.02. The fourth-order valence-corrected chi connectivity index (χ4v) is 2.30. The summed E-state index contributed by atoms with van der Waals surface area (Å²) in [5, 5.41) is 9.81. The molecule has 0 saturated heterocycles. The van der Waals surface area contributed by atoms with Crippen LogP contribution in [0.15, 0.2) is 36.5 Å². The van der Waals surface area contributed by atoms with Crippen LogP contribution in [-0.4, -0.2) is 23.3 Å². The average Bonchev–Trinajstić information content (AvgIpc) is 2.50. The molecule has 1 aromatic carbocycles. The molecular weight excluding hydrogens is 250 g/mol. The Morgan fingerprint density at radius 2 is 1.65 bits per heavy atom. The van der Waals surface area contributed by atoms with Crippen LogP contribution < -0.4 is 4.74 Å². The summed E-state index contributed by atoms with van der Waals surface area (Å²) in [5.74, 6) is 0.878. The number of unbranched alkanes of at least 4 members (excludes halogenated alkanes) is 5. The lowest BCUT2D eigenvalue weighted by molar-refractivity contribution is 0.280. The van der Waals surface area contributed by atoms with Crippen molar-refractivity contribution in [1.29, 1.82) is 0 Å². The highest BCUT2D eigenvalue weighted by Gasteiger charge is 2.02. The van der Waals surface area contributed by atoms with E-state index in [1.54, 1.807) is 6.20 Å². The fraction of sp³-hybridized carbons (Fsp3) is 0.471. The van der Waals surface area contributed by atoms with Crippen molar-refractivity contribution in [1.82, 2.24) is 4.98 Å². The van der Waals surface area contributed by atoms with Crippen LogP contribution in [0.3, 0.4) is 0 Å². The van der Waals surface area contributed by atoms with Crippen LogP contribution in [0.2, 0.25) is 0 Å². The number of pyridine rings is 1. The van der Waals surface area contributed by atoms with Gasteiger partial charge < -0.3 is 9.84 Å². The Balaban J connectivity index is 1.71. The SMILES string of the molecule is OCCCCCCCCOc1cccc2cccnc12. The molecular formula is C17H23NO2. The number of hydrogen-bond donors (Lipinski definition) is 1. The molecule has 3 nitrogen and oxygen atoms in total. The van der Waals surface area contributed by atoms with E-state index in [9.17, 15) is 0 Å². The van der Waals surface area contributed by atoms with Gasteiger partial charge in [-0.1, -0.05) is 43.9 Å². The molecule has 0 unspecified atom stereocenters. The third-order valence-electron chi connectivity index (χ3n) is 3.41. The standard InChI is InChI=1S/C17H23NO2/c19-13-5-3-1-2-4-6-14-20-16-11-7-9-15-10-8-12-18-17(15)16/h7-12,19H,1-6,13-14H2. The molecule has 0 saturated carbocycles. The lowest BCUT2D eigenvalue weighted by Gasteiger charge is -2.08. The first kappa shape index (κ1) is 14.8. The molecule has 1 aromatic heterocycles. The van der Waals surface area contributed by atoms with Gasteiger partial charge in [0.15, 0.2) is 0 Å². The van der Waals surface area contributed by atoms with Gasteiger partial charge in [-0.15, -0.1) is 0 Å². The number of aliphatic hydroxyl groups is 1. The van der Waals surface area contributed by atoms with Crippen molar-refractivity contribution in [3.05, 3.63) is 36.5 Å². The molecule has 1 heterocycles. The zero-order valence-electron chi connectivity index (χ0n) is 11.9. The Labute approximate surface area is 120 Å². The maximum Gasteiger partial charge on any atom is 0.145 e. The molecule has 0 fully saturated rings. The minimum atomic E-state index is 0.317. The Morgan fingerprint density at radius 1 is 0.900 bits per heavy atom. The first-order valence-electron chi connectivity index (χ1n) is 7.49. The first-order valence-corrected chi connectivity index (χ1v) is 7.49. The van der Waals surface area contributed by atoms with Gasteiger partial charge in [0.2, 0.25) is 0 Å². The van der Waals surface area contributed by atoms with Gasteiger partial charge in [0.25, 0.3) is 0 Å². The Bertz CT molecular complexity index is 508. The molecule has 0 amide bonds. The maximum atomic E-state index is 8.69. The summed E-state index contributed by atoms with van der Waals surface area (Å²) in [7, 11) is 0. The Morgan fingerprint density at radius 3 is 2.50 bits per heavy atom. The lowest BCUT2D eigenvalue weighted by atomic mass is 10.1. The molecule has 1 N–H and O–H groups in total. The topological polar surface area (TPSA) is 42.4 Å². The van der Waals surface area contributed by atoms with Crippen molar-refractivity contribution in [3.8, 4) is 5.75 Å². The summed E-state index contributed by atoms with van der Waals surface area (Å²) in [6, 6.07) is 10.0. The second-order valence-electron chi connectivity index (χ2n) is 5.02. The van der Waals surface area contributed by atoms with E-state index in [0.717, 1.165) is 42.5 Å². The Kier molecular flexibility index (Phi) is 6.32. The number of aliphatic hydroxyl groups excluding tert-OH is 1. The van der Waals surface area contributed by atoms with Crippen molar-refractivity contribution in [2.75, 3.05) is 13.2 Å². The van der Waals surface area contributed by atoms with Crippen LogP contribution in [0.25, 0.3) is 10.9 Å². The number of benzene rings is 1. The van der Waals surface area contributed by atoms with Gasteiger partial charge in [0.05, 0.1) is 6.61 Å². The van der Waals surface area contributed by atoms with E-state index in [2.05, 4.69) is 17.1 Å². The molecule has 0 aliphatic carbocycles. The van der Waals surface area contributed by atoms with Crippen molar-refractivity contribution in [2.24, 2.45) is 0 Å². The van der Waals surface area contributed by atoms with Gasteiger partial charge in [0.1, 0.15) is 11.3 Å². The van der Waals surface area contributed by atoms with Crippen molar-refractivity contribution < 1.29 is 9.84 Å². The fourth-order valence-electron chi connectivity index (χ4n) is 2.30. The van der Waals surface area contributed by atoms with E-state index < -0.39 is 0 Å². The van der Waals surface area contributed by atoms with Gasteiger partial charge in [-0.3, -0.25) is 4.98 Å². The highest BCUT2D eigenvalue weighted by molar-refractivity contribution is 5.84. The number of fused-ring (bicyclic) bond motifs is 1. The molecule has 0 bridgehead atoms. The van der Waals surface area contributed by atoms with Gasteiger partial charge in [-0.05, 0) is 25.0 Å². The number of rotatable bonds is 9. The maximum absolute atomic E-state index is 8.69. The molecule has 3 heteroatoms. The van der Waals surface area contributed by atoms with E-state index in [1.807, 2.05) is 18.2 Å². The smallest absolute Gasteiger partial charge is 0.145 e. The van der Waals surface area contributed by atoms with Gasteiger partial charge >= 0.3 is 0 Å². The third kappa shape index (κ3) is 4.49. The molecule has 108 valence electrons. The number of aromatic nitrogens is 1. The molecule has 0 aliphatic heterocycles. The summed E-state index contributed by atoms with van der Waals surface area (Å²) in [6.45, 7) is 1.06. The van der Waals surface area contributed by atoms with E-state index >= 15 is 0 Å². The zero-order chi connectivity index (χ0) is 14.0. The van der Waals surface area contributed by atoms with Crippen LogP contribution in [0.5, 0.6) is 5.75 Å². The number of ether oxygens (including phenoxy) is 1. The van der Waals surface area contributed by atoms with E-state index in [1.165, 1.54) is 19.3 Å². The lowest BCUT2D eigenvalue weighted by Crippen LogP contribution is -1.98. The van der Waals surface area contributed by atoms with Crippen LogP contribution in [-0.2, 0) is 0 Å². The van der Waals surface area contributed by atoms with Gasteiger partial charge in [-0.25, -0.2) is 0 Å². The van der Waals surface area contributed by atoms with Crippen molar-refractivity contribution in [3.63, 3.8) is 0 Å². The second kappa shape index (κ2) is 8.54. The minimum Gasteiger partial charge on any atom is -0.491 e. The van der Waals surface area contributed by atoms with Gasteiger partial charge in [-0.2, -0.15) is 0 Å². The highest BCUT2D eigenvalue weighted by atomic mass is 16.5. The normalized spacial score (nSPS) is 10.8. The minimum absolute atomic E-state index is 0.317. The predicted molar refractivity (Wildman–Crippen MR) is 82.0 cm³/mol. The summed E-state index contributed by atoms with van der Waals surface area (Å²) in [4.78, 5) is 4.38. The van der Waals surface area contributed by atoms with Crippen molar-refractivity contribution >= 4 is 10.9 Å². The number of hydrogen-bond acceptors (Lipinski definition) is 3. The molecule has 20 heavy (non-hydrogen) atoms. The van der Waals surface area contributed by atoms with E-state index in [4.69, 9.17) is 9.84 Å². The predicted octanol–water partition coefficient (Wildman–Crippen LogP) is 3.95. The van der Waals surface area contributed by atoms with Crippen LogP contribution in [0.1, 0.15) is 38.5 Å². The summed E-state index contributed by atoms with van der Waals surface area (Å²) >= 11 is 0. The van der Waals surface area contributed by atoms with Gasteiger partial charge in [0, 0.05) is 18.2 Å². The summed E-state index contributed by atoms with van der Waals surface area (Å²) < 4.78 is 5.84. The number of nitrogens with zero attached hydrogens (tertiary/aromatic N) is 1. The molecule has 0 radical (unpaired) electrons. The molecule has 2 aromatic rings. The first-order chi connectivity index (χ1) is 9.92. The van der Waals surface area contributed by atoms with Crippen LogP contribution in [0, 0.1) is 0 Å². The van der Waals surface area contributed by atoms with E-state index in [0.29, 0.717) is 6.61 Å². The Hall–Kier alpha value is -1.61. The largest absolute Gasteiger partial charge is 0.491 e. The summed E-state index contributed by atoms with van der Waals surface area (Å²) in [5.41, 5.74) is 0.943. The van der Waals surface area contributed by atoms with E-state index in [-0.39, 0.29) is 0 Å². The number of para-hydroxylation sites is 1.